The lowest BCUT2D eigenvalue weighted by molar-refractivity contribution is 0.212. The van der Waals surface area contributed by atoms with Crippen LogP contribution in [0.3, 0.4) is 0 Å². The molecule has 0 aromatic carbocycles. The molecule has 3 aromatic rings. The molecule has 9 heteroatoms. The number of aromatic nitrogens is 4. The molecule has 1 atom stereocenters. The number of fused-ring (bicyclic) bond motifs is 1. The molecule has 1 saturated heterocycles. The van der Waals surface area contributed by atoms with Crippen molar-refractivity contribution in [1.82, 2.24) is 24.8 Å². The molecule has 1 aliphatic rings. The van der Waals surface area contributed by atoms with Gasteiger partial charge in [0, 0.05) is 44.1 Å². The number of likely N-dealkylation sites (N-methyl/N-ethyl adjacent to an activating group) is 1. The number of piperazine rings is 1. The maximum atomic E-state index is 10.00. The van der Waals surface area contributed by atoms with Crippen LogP contribution in [0.25, 0.3) is 22.2 Å². The van der Waals surface area contributed by atoms with Gasteiger partial charge in [-0.25, -0.2) is 9.97 Å². The van der Waals surface area contributed by atoms with Crippen LogP contribution in [-0.4, -0.2) is 75.3 Å². The van der Waals surface area contributed by atoms with E-state index < -0.39 is 5.54 Å². The minimum Gasteiger partial charge on any atom is -0.394 e. The normalized spacial score (nSPS) is 16.6. The van der Waals surface area contributed by atoms with Crippen molar-refractivity contribution >= 4 is 28.5 Å². The smallest absolute Gasteiger partial charge is 0.222 e. The second-order valence-corrected chi connectivity index (χ2v) is 9.62. The van der Waals surface area contributed by atoms with E-state index in [1.807, 2.05) is 19.2 Å². The fourth-order valence-corrected chi connectivity index (χ4v) is 4.39. The number of anilines is 3. The first kappa shape index (κ1) is 24.1. The Labute approximate surface area is 201 Å². The Bertz CT molecular complexity index is 1150. The third-order valence-corrected chi connectivity index (χ3v) is 6.60. The van der Waals surface area contributed by atoms with Crippen molar-refractivity contribution in [2.75, 3.05) is 55.8 Å². The second kappa shape index (κ2) is 10.1. The molecule has 0 aliphatic carbocycles. The molecule has 0 bridgehead atoms. The number of nitrogen functional groups attached to an aromatic ring is 1. The fraction of sp³-hybridized carbons (Fsp3) is 0.520. The van der Waals surface area contributed by atoms with Crippen LogP contribution in [0.2, 0.25) is 0 Å². The van der Waals surface area contributed by atoms with Gasteiger partial charge in [0.1, 0.15) is 11.6 Å². The summed E-state index contributed by atoms with van der Waals surface area (Å²) in [7, 11) is 2.15. The van der Waals surface area contributed by atoms with Crippen LogP contribution in [0.4, 0.5) is 17.6 Å². The van der Waals surface area contributed by atoms with Gasteiger partial charge in [-0.15, -0.1) is 0 Å². The Kier molecular flexibility index (Phi) is 7.13. The average molecular weight is 465 g/mol. The zero-order chi connectivity index (χ0) is 24.3. The molecule has 1 aliphatic heterocycles. The first-order valence-corrected chi connectivity index (χ1v) is 12.0. The molecule has 1 fully saturated rings. The van der Waals surface area contributed by atoms with Crippen LogP contribution in [0.5, 0.6) is 0 Å². The Morgan fingerprint density at radius 1 is 1.12 bits per heavy atom. The maximum Gasteiger partial charge on any atom is 0.222 e. The Morgan fingerprint density at radius 2 is 1.88 bits per heavy atom. The fourth-order valence-electron chi connectivity index (χ4n) is 4.39. The van der Waals surface area contributed by atoms with E-state index in [1.54, 1.807) is 6.20 Å². The number of unbranched alkanes of at least 4 members (excludes halogenated alkanes) is 1. The van der Waals surface area contributed by atoms with Crippen LogP contribution in [0, 0.1) is 6.92 Å². The van der Waals surface area contributed by atoms with Gasteiger partial charge in [0.05, 0.1) is 28.7 Å². The molecule has 9 nitrogen and oxygen atoms in total. The summed E-state index contributed by atoms with van der Waals surface area (Å²) in [6.45, 7) is 10.3. The molecule has 1 unspecified atom stereocenters. The lowest BCUT2D eigenvalue weighted by Crippen LogP contribution is -2.45. The number of aliphatic hydroxyl groups is 1. The van der Waals surface area contributed by atoms with Crippen LogP contribution in [-0.2, 0) is 0 Å². The van der Waals surface area contributed by atoms with Crippen molar-refractivity contribution in [3.8, 4) is 11.3 Å². The van der Waals surface area contributed by atoms with Crippen molar-refractivity contribution in [2.24, 2.45) is 0 Å². The number of hydrogen-bond acceptors (Lipinski definition) is 9. The SMILES string of the molecule is CCCCC(C)(CO)Nc1nc(N)nc2cc(-c3cnc(N4CCN(C)CC4)c(C)c3)ncc12. The minimum atomic E-state index is -0.497. The molecule has 182 valence electrons. The van der Waals surface area contributed by atoms with Crippen LogP contribution >= 0.6 is 0 Å². The number of nitrogens with one attached hydrogen (secondary N) is 1. The van der Waals surface area contributed by atoms with E-state index in [0.717, 1.165) is 73.5 Å². The molecule has 4 heterocycles. The van der Waals surface area contributed by atoms with E-state index in [2.05, 4.69) is 52.0 Å². The third-order valence-electron chi connectivity index (χ3n) is 6.60. The third kappa shape index (κ3) is 5.20. The predicted octanol–water partition coefficient (Wildman–Crippen LogP) is 3.08. The summed E-state index contributed by atoms with van der Waals surface area (Å²) in [4.78, 5) is 23.0. The van der Waals surface area contributed by atoms with E-state index in [4.69, 9.17) is 15.7 Å². The van der Waals surface area contributed by atoms with Crippen LogP contribution < -0.4 is 16.0 Å². The number of aliphatic hydroxyl groups excluding tert-OH is 1. The molecular weight excluding hydrogens is 428 g/mol. The predicted molar refractivity (Wildman–Crippen MR) is 138 cm³/mol. The van der Waals surface area contributed by atoms with E-state index >= 15 is 0 Å². The molecule has 3 aromatic heterocycles. The van der Waals surface area contributed by atoms with E-state index in [-0.39, 0.29) is 12.6 Å². The molecule has 0 radical (unpaired) electrons. The number of nitrogens with two attached hydrogens (primary N) is 1. The van der Waals surface area contributed by atoms with Crippen molar-refractivity contribution < 1.29 is 5.11 Å². The average Bonchev–Trinajstić information content (AvgIpc) is 2.83. The first-order chi connectivity index (χ1) is 16.3. The second-order valence-electron chi connectivity index (χ2n) is 9.62. The number of aryl methyl sites for hydroxylation is 1. The molecule has 0 amide bonds. The Morgan fingerprint density at radius 3 is 2.56 bits per heavy atom. The summed E-state index contributed by atoms with van der Waals surface area (Å²) in [5.74, 6) is 1.81. The zero-order valence-corrected chi connectivity index (χ0v) is 20.7. The van der Waals surface area contributed by atoms with Gasteiger partial charge in [-0.2, -0.15) is 4.98 Å². The lowest BCUT2D eigenvalue weighted by atomic mass is 9.95. The van der Waals surface area contributed by atoms with Crippen molar-refractivity contribution in [3.63, 3.8) is 0 Å². The minimum absolute atomic E-state index is 0.00544. The Balaban J connectivity index is 1.63. The molecular formula is C25H36N8O. The summed E-state index contributed by atoms with van der Waals surface area (Å²) >= 11 is 0. The summed E-state index contributed by atoms with van der Waals surface area (Å²) in [6.07, 6.45) is 6.53. The summed E-state index contributed by atoms with van der Waals surface area (Å²) in [6, 6.07) is 4.05. The summed E-state index contributed by atoms with van der Waals surface area (Å²) < 4.78 is 0. The number of hydrogen-bond donors (Lipinski definition) is 3. The van der Waals surface area contributed by atoms with Gasteiger partial charge in [-0.1, -0.05) is 19.8 Å². The Hall–Kier alpha value is -3.04. The first-order valence-electron chi connectivity index (χ1n) is 12.0. The van der Waals surface area contributed by atoms with Crippen LogP contribution in [0.15, 0.2) is 24.5 Å². The summed E-state index contributed by atoms with van der Waals surface area (Å²) in [5, 5.41) is 14.2. The zero-order valence-electron chi connectivity index (χ0n) is 20.7. The van der Waals surface area contributed by atoms with Gasteiger partial charge < -0.3 is 26.0 Å². The van der Waals surface area contributed by atoms with Crippen molar-refractivity contribution in [3.05, 3.63) is 30.1 Å². The molecule has 4 rings (SSSR count). The highest BCUT2D eigenvalue weighted by Crippen LogP contribution is 2.30. The highest BCUT2D eigenvalue weighted by Gasteiger charge is 2.24. The monoisotopic (exact) mass is 464 g/mol. The topological polar surface area (TPSA) is 116 Å². The highest BCUT2D eigenvalue weighted by molar-refractivity contribution is 5.91. The number of nitrogens with zero attached hydrogens (tertiary/aromatic N) is 6. The maximum absolute atomic E-state index is 10.00. The molecule has 0 spiro atoms. The van der Waals surface area contributed by atoms with Gasteiger partial charge in [-0.3, -0.25) is 4.98 Å². The van der Waals surface area contributed by atoms with Gasteiger partial charge in [0.2, 0.25) is 5.95 Å². The van der Waals surface area contributed by atoms with Gasteiger partial charge in [0.25, 0.3) is 0 Å². The van der Waals surface area contributed by atoms with Gasteiger partial charge >= 0.3 is 0 Å². The molecule has 34 heavy (non-hydrogen) atoms. The summed E-state index contributed by atoms with van der Waals surface area (Å²) in [5.41, 5.74) is 9.10. The van der Waals surface area contributed by atoms with E-state index in [1.165, 1.54) is 0 Å². The van der Waals surface area contributed by atoms with E-state index in [0.29, 0.717) is 11.3 Å². The standard InChI is InChI=1S/C25H36N8O/c1-5-6-7-25(3,16-34)31-22-19-15-27-20(13-21(19)29-24(26)30-22)18-12-17(2)23(28-14-18)33-10-8-32(4)9-11-33/h12-15,34H,5-11,16H2,1-4H3,(H3,26,29,30,31). The van der Waals surface area contributed by atoms with Crippen molar-refractivity contribution in [1.29, 1.82) is 0 Å². The highest BCUT2D eigenvalue weighted by atomic mass is 16.3. The van der Waals surface area contributed by atoms with Gasteiger partial charge in [0.15, 0.2) is 0 Å². The van der Waals surface area contributed by atoms with Crippen LogP contribution in [0.1, 0.15) is 38.7 Å². The van der Waals surface area contributed by atoms with Gasteiger partial charge in [-0.05, 0) is 45.0 Å². The van der Waals surface area contributed by atoms with E-state index in [9.17, 15) is 5.11 Å². The quantitative estimate of drug-likeness (QED) is 0.462. The largest absolute Gasteiger partial charge is 0.394 e. The number of rotatable bonds is 8. The molecule has 0 saturated carbocycles. The lowest BCUT2D eigenvalue weighted by Gasteiger charge is -2.34. The van der Waals surface area contributed by atoms with Crippen molar-refractivity contribution in [2.45, 2.75) is 45.6 Å². The number of pyridine rings is 2. The molecule has 4 N–H and O–H groups in total.